The molecule has 2 aromatic rings. The highest BCUT2D eigenvalue weighted by molar-refractivity contribution is 5.70. The number of allylic oxidation sites excluding steroid dienone is 3. The van der Waals surface area contributed by atoms with Crippen LogP contribution in [-0.4, -0.2) is 40.3 Å². The quantitative estimate of drug-likeness (QED) is 0.774. The van der Waals surface area contributed by atoms with Crippen LogP contribution in [0.3, 0.4) is 0 Å². The molecule has 0 radical (unpaired) electrons. The largest absolute Gasteiger partial charge is 0.410 e. The van der Waals surface area contributed by atoms with Crippen molar-refractivity contribution >= 4 is 12.2 Å². The second kappa shape index (κ2) is 9.53. The number of primary amides is 1. The van der Waals surface area contributed by atoms with Crippen LogP contribution in [0.4, 0.5) is 4.79 Å². The summed E-state index contributed by atoms with van der Waals surface area (Å²) < 4.78 is 4.96. The number of carbonyl (C=O) groups excluding carboxylic acids is 1. The normalized spacial score (nSPS) is 14.8. The maximum absolute atomic E-state index is 11.0. The van der Waals surface area contributed by atoms with Crippen LogP contribution in [0.15, 0.2) is 78.7 Å². The van der Waals surface area contributed by atoms with Gasteiger partial charge in [0.2, 0.25) is 0 Å². The molecular formula is C22H23N3O3. The van der Waals surface area contributed by atoms with E-state index in [1.165, 1.54) is 5.56 Å². The number of rotatable bonds is 7. The zero-order valence-corrected chi connectivity index (χ0v) is 15.4. The van der Waals surface area contributed by atoms with Gasteiger partial charge in [0.1, 0.15) is 5.69 Å². The molecule has 3 N–H and O–H groups in total. The molecule has 6 nitrogen and oxygen atoms in total. The summed E-state index contributed by atoms with van der Waals surface area (Å²) in [6, 6.07) is 13.5. The Labute approximate surface area is 164 Å². The third kappa shape index (κ3) is 5.31. The van der Waals surface area contributed by atoms with E-state index in [1.54, 1.807) is 24.4 Å². The standard InChI is InChI=1S/C22H23N3O3/c23-22(27)28-21-7-4-12-24-20(21)9-8-17-10-13-25(14-11-17)19(16-26)15-18-5-2-1-3-6-18/h1-13,19,26H,14-16H2,(H2,23,27)/t19-/m0/s1. The summed E-state index contributed by atoms with van der Waals surface area (Å²) >= 11 is 0. The summed E-state index contributed by atoms with van der Waals surface area (Å²) in [5.74, 6) is 0.316. The average molecular weight is 377 g/mol. The molecule has 1 aliphatic rings. The summed E-state index contributed by atoms with van der Waals surface area (Å²) in [5.41, 5.74) is 7.81. The van der Waals surface area contributed by atoms with Gasteiger partial charge in [-0.3, -0.25) is 4.98 Å². The van der Waals surface area contributed by atoms with Gasteiger partial charge < -0.3 is 20.5 Å². The number of hydrogen-bond donors (Lipinski definition) is 2. The van der Waals surface area contributed by atoms with Gasteiger partial charge in [-0.25, -0.2) is 4.79 Å². The summed E-state index contributed by atoms with van der Waals surface area (Å²) in [4.78, 5) is 17.3. The van der Waals surface area contributed by atoms with Gasteiger partial charge in [0, 0.05) is 18.9 Å². The number of nitrogens with two attached hydrogens (primary N) is 1. The molecule has 0 spiro atoms. The third-order valence-corrected chi connectivity index (χ3v) is 4.43. The van der Waals surface area contributed by atoms with E-state index in [1.807, 2.05) is 36.6 Å². The topological polar surface area (TPSA) is 88.7 Å². The number of aliphatic hydroxyl groups is 1. The lowest BCUT2D eigenvalue weighted by molar-refractivity contribution is 0.171. The molecule has 0 unspecified atom stereocenters. The van der Waals surface area contributed by atoms with Gasteiger partial charge in [-0.05, 0) is 41.8 Å². The van der Waals surface area contributed by atoms with E-state index in [0.29, 0.717) is 18.0 Å². The first-order valence-electron chi connectivity index (χ1n) is 9.05. The number of benzene rings is 1. The van der Waals surface area contributed by atoms with E-state index in [9.17, 15) is 9.90 Å². The van der Waals surface area contributed by atoms with Crippen LogP contribution in [0.5, 0.6) is 5.75 Å². The first-order chi connectivity index (χ1) is 13.7. The van der Waals surface area contributed by atoms with E-state index in [4.69, 9.17) is 10.5 Å². The fourth-order valence-electron chi connectivity index (χ4n) is 2.99. The Morgan fingerprint density at radius 2 is 2.07 bits per heavy atom. The van der Waals surface area contributed by atoms with Gasteiger partial charge >= 0.3 is 6.09 Å². The molecule has 0 saturated carbocycles. The molecule has 28 heavy (non-hydrogen) atoms. The van der Waals surface area contributed by atoms with E-state index in [2.05, 4.69) is 28.1 Å². The van der Waals surface area contributed by atoms with Crippen molar-refractivity contribution in [3.8, 4) is 5.75 Å². The molecular weight excluding hydrogens is 354 g/mol. The molecule has 144 valence electrons. The van der Waals surface area contributed by atoms with Crippen molar-refractivity contribution in [1.82, 2.24) is 9.88 Å². The summed E-state index contributed by atoms with van der Waals surface area (Å²) in [7, 11) is 0. The zero-order chi connectivity index (χ0) is 19.8. The lowest BCUT2D eigenvalue weighted by atomic mass is 10.0. The van der Waals surface area contributed by atoms with Crippen LogP contribution in [0.25, 0.3) is 6.08 Å². The fraction of sp³-hybridized carbons (Fsp3) is 0.182. The highest BCUT2D eigenvalue weighted by Gasteiger charge is 2.16. The van der Waals surface area contributed by atoms with Crippen molar-refractivity contribution in [2.45, 2.75) is 12.5 Å². The molecule has 0 saturated heterocycles. The van der Waals surface area contributed by atoms with Crippen molar-refractivity contribution in [3.05, 3.63) is 89.9 Å². The predicted molar refractivity (Wildman–Crippen MR) is 108 cm³/mol. The lowest BCUT2D eigenvalue weighted by Crippen LogP contribution is -2.36. The predicted octanol–water partition coefficient (Wildman–Crippen LogP) is 2.91. The van der Waals surface area contributed by atoms with Crippen molar-refractivity contribution in [2.75, 3.05) is 13.2 Å². The third-order valence-electron chi connectivity index (χ3n) is 4.43. The Morgan fingerprint density at radius 1 is 1.25 bits per heavy atom. The fourth-order valence-corrected chi connectivity index (χ4v) is 2.99. The van der Waals surface area contributed by atoms with Crippen LogP contribution < -0.4 is 10.5 Å². The van der Waals surface area contributed by atoms with Crippen molar-refractivity contribution < 1.29 is 14.6 Å². The summed E-state index contributed by atoms with van der Waals surface area (Å²) in [5, 5.41) is 9.79. The average Bonchev–Trinajstić information content (AvgIpc) is 2.72. The lowest BCUT2D eigenvalue weighted by Gasteiger charge is -2.30. The minimum Gasteiger partial charge on any atom is -0.408 e. The Balaban J connectivity index is 1.63. The Bertz CT molecular complexity index is 891. The number of carbonyl (C=O) groups is 1. The van der Waals surface area contributed by atoms with E-state index in [0.717, 1.165) is 12.0 Å². The Hall–Kier alpha value is -3.38. The molecule has 1 atom stereocenters. The Kier molecular flexibility index (Phi) is 6.59. The number of aliphatic hydroxyl groups excluding tert-OH is 1. The van der Waals surface area contributed by atoms with Crippen molar-refractivity contribution in [1.29, 1.82) is 0 Å². The van der Waals surface area contributed by atoms with Gasteiger partial charge in [-0.15, -0.1) is 0 Å². The molecule has 1 aliphatic heterocycles. The second-order valence-electron chi connectivity index (χ2n) is 6.38. The van der Waals surface area contributed by atoms with E-state index in [-0.39, 0.29) is 12.6 Å². The molecule has 0 bridgehead atoms. The maximum atomic E-state index is 11.0. The molecule has 1 amide bonds. The van der Waals surface area contributed by atoms with E-state index < -0.39 is 6.09 Å². The zero-order valence-electron chi connectivity index (χ0n) is 15.4. The van der Waals surface area contributed by atoms with Gasteiger partial charge in [0.05, 0.1) is 12.6 Å². The summed E-state index contributed by atoms with van der Waals surface area (Å²) in [6.45, 7) is 0.779. The highest BCUT2D eigenvalue weighted by atomic mass is 16.5. The smallest absolute Gasteiger partial charge is 0.408 e. The molecule has 1 aromatic heterocycles. The van der Waals surface area contributed by atoms with E-state index >= 15 is 0 Å². The molecule has 0 aliphatic carbocycles. The number of ether oxygens (including phenoxy) is 1. The molecule has 0 fully saturated rings. The molecule has 2 heterocycles. The van der Waals surface area contributed by atoms with Gasteiger partial charge in [-0.2, -0.15) is 0 Å². The number of hydrogen-bond acceptors (Lipinski definition) is 5. The van der Waals surface area contributed by atoms with Crippen LogP contribution in [0.2, 0.25) is 0 Å². The number of nitrogens with zero attached hydrogens (tertiary/aromatic N) is 2. The maximum Gasteiger partial charge on any atom is 0.410 e. The van der Waals surface area contributed by atoms with Gasteiger partial charge in [0.25, 0.3) is 0 Å². The first-order valence-corrected chi connectivity index (χ1v) is 9.05. The minimum atomic E-state index is -0.872. The number of pyridine rings is 1. The van der Waals surface area contributed by atoms with Crippen LogP contribution in [0, 0.1) is 0 Å². The molecule has 3 rings (SSSR count). The van der Waals surface area contributed by atoms with Crippen LogP contribution >= 0.6 is 0 Å². The second-order valence-corrected chi connectivity index (χ2v) is 6.38. The molecule has 1 aromatic carbocycles. The molecule has 6 heteroatoms. The van der Waals surface area contributed by atoms with Gasteiger partial charge in [0.15, 0.2) is 5.75 Å². The number of amides is 1. The van der Waals surface area contributed by atoms with Crippen molar-refractivity contribution in [2.24, 2.45) is 5.73 Å². The Morgan fingerprint density at radius 3 is 2.75 bits per heavy atom. The SMILES string of the molecule is NC(=O)Oc1cccnc1C=CC1=CCN([C@H](CO)Cc2ccccc2)C=C1. The first kappa shape index (κ1) is 19.4. The monoisotopic (exact) mass is 377 g/mol. The van der Waals surface area contributed by atoms with Gasteiger partial charge in [-0.1, -0.05) is 42.5 Å². The minimum absolute atomic E-state index is 0.0202. The number of aromatic nitrogens is 1. The highest BCUT2D eigenvalue weighted by Crippen LogP contribution is 2.19. The van der Waals surface area contributed by atoms with Crippen LogP contribution in [-0.2, 0) is 6.42 Å². The van der Waals surface area contributed by atoms with Crippen LogP contribution in [0.1, 0.15) is 11.3 Å². The van der Waals surface area contributed by atoms with Crippen molar-refractivity contribution in [3.63, 3.8) is 0 Å². The summed E-state index contributed by atoms with van der Waals surface area (Å²) in [6.07, 6.45) is 11.2.